The highest BCUT2D eigenvalue weighted by atomic mass is 16.2. The van der Waals surface area contributed by atoms with Crippen molar-refractivity contribution in [2.45, 2.75) is 33.1 Å². The summed E-state index contributed by atoms with van der Waals surface area (Å²) in [5, 5.41) is 0. The van der Waals surface area contributed by atoms with E-state index in [0.29, 0.717) is 48.8 Å². The molecule has 0 bridgehead atoms. The van der Waals surface area contributed by atoms with Crippen molar-refractivity contribution in [3.8, 4) is 11.1 Å². The molecule has 6 heteroatoms. The second kappa shape index (κ2) is 9.94. The van der Waals surface area contributed by atoms with Crippen LogP contribution in [0.25, 0.3) is 11.1 Å². The largest absolute Gasteiger partial charge is 0.339 e. The number of rotatable bonds is 6. The number of aromatic nitrogens is 2. The fraction of sp³-hybridized carbons (Fsp3) is 0.333. The normalized spacial score (nSPS) is 15.5. The Balaban J connectivity index is 1.51. The van der Waals surface area contributed by atoms with Crippen LogP contribution in [0.3, 0.4) is 0 Å². The van der Waals surface area contributed by atoms with Gasteiger partial charge < -0.3 is 9.80 Å². The van der Waals surface area contributed by atoms with E-state index in [4.69, 9.17) is 0 Å². The molecule has 0 N–H and O–H groups in total. The van der Waals surface area contributed by atoms with Crippen LogP contribution < -0.4 is 0 Å². The highest BCUT2D eigenvalue weighted by Gasteiger charge is 2.31. The van der Waals surface area contributed by atoms with Crippen LogP contribution in [0, 0.1) is 6.92 Å². The van der Waals surface area contributed by atoms with Crippen LogP contribution in [0.2, 0.25) is 0 Å². The van der Waals surface area contributed by atoms with Gasteiger partial charge in [-0.15, -0.1) is 0 Å². The van der Waals surface area contributed by atoms with E-state index in [1.165, 1.54) is 0 Å². The monoisotopic (exact) mass is 442 g/mol. The number of carbonyl (C=O) groups is 2. The van der Waals surface area contributed by atoms with Crippen molar-refractivity contribution < 1.29 is 9.59 Å². The molecule has 33 heavy (non-hydrogen) atoms. The van der Waals surface area contributed by atoms with Gasteiger partial charge in [-0.1, -0.05) is 48.5 Å². The number of aryl methyl sites for hydroxylation is 1. The molecule has 2 aromatic carbocycles. The summed E-state index contributed by atoms with van der Waals surface area (Å²) in [5.41, 5.74) is 3.92. The molecule has 1 atom stereocenters. The third-order valence-electron chi connectivity index (χ3n) is 6.36. The van der Waals surface area contributed by atoms with Gasteiger partial charge in [-0.2, -0.15) is 0 Å². The highest BCUT2D eigenvalue weighted by Crippen LogP contribution is 2.30. The van der Waals surface area contributed by atoms with Gasteiger partial charge in [0.2, 0.25) is 0 Å². The SMILES string of the molecule is CCN(CC)C(=O)c1cnc(C2CCN(C(=O)c3ccccc3-c3ccccc3)C2)nc1C. The first-order chi connectivity index (χ1) is 16.0. The van der Waals surface area contributed by atoms with E-state index < -0.39 is 0 Å². The van der Waals surface area contributed by atoms with E-state index in [-0.39, 0.29) is 17.7 Å². The maximum Gasteiger partial charge on any atom is 0.257 e. The molecule has 0 spiro atoms. The van der Waals surface area contributed by atoms with Crippen molar-refractivity contribution in [3.05, 3.63) is 83.4 Å². The molecular formula is C27H30N4O2. The fourth-order valence-corrected chi connectivity index (χ4v) is 4.44. The van der Waals surface area contributed by atoms with Gasteiger partial charge >= 0.3 is 0 Å². The maximum absolute atomic E-state index is 13.4. The van der Waals surface area contributed by atoms with Crippen LogP contribution in [0.15, 0.2) is 60.8 Å². The molecule has 0 saturated carbocycles. The average Bonchev–Trinajstić information content (AvgIpc) is 3.35. The molecule has 3 aromatic rings. The number of nitrogens with zero attached hydrogens (tertiary/aromatic N) is 4. The Labute approximate surface area is 195 Å². The summed E-state index contributed by atoms with van der Waals surface area (Å²) in [4.78, 5) is 39.0. The van der Waals surface area contributed by atoms with E-state index in [1.54, 1.807) is 11.1 Å². The molecule has 0 radical (unpaired) electrons. The third kappa shape index (κ3) is 4.65. The Hall–Kier alpha value is -3.54. The molecule has 1 unspecified atom stereocenters. The van der Waals surface area contributed by atoms with Gasteiger partial charge in [0.05, 0.1) is 11.3 Å². The molecule has 2 heterocycles. The van der Waals surface area contributed by atoms with Crippen LogP contribution in [0.5, 0.6) is 0 Å². The Morgan fingerprint density at radius 3 is 2.39 bits per heavy atom. The zero-order chi connectivity index (χ0) is 23.4. The predicted molar refractivity (Wildman–Crippen MR) is 129 cm³/mol. The molecule has 1 fully saturated rings. The average molecular weight is 443 g/mol. The second-order valence-corrected chi connectivity index (χ2v) is 8.35. The lowest BCUT2D eigenvalue weighted by Crippen LogP contribution is -2.31. The number of hydrogen-bond donors (Lipinski definition) is 0. The molecule has 2 amide bonds. The minimum Gasteiger partial charge on any atom is -0.339 e. The minimum absolute atomic E-state index is 0.0296. The zero-order valence-corrected chi connectivity index (χ0v) is 19.5. The molecule has 4 rings (SSSR count). The van der Waals surface area contributed by atoms with Crippen molar-refractivity contribution in [2.75, 3.05) is 26.2 Å². The van der Waals surface area contributed by atoms with Gasteiger partial charge in [-0.25, -0.2) is 9.97 Å². The first kappa shape index (κ1) is 22.6. The molecule has 0 aliphatic carbocycles. The van der Waals surface area contributed by atoms with E-state index in [0.717, 1.165) is 17.5 Å². The summed E-state index contributed by atoms with van der Waals surface area (Å²) < 4.78 is 0. The van der Waals surface area contributed by atoms with E-state index in [9.17, 15) is 9.59 Å². The number of carbonyl (C=O) groups excluding carboxylic acids is 2. The van der Waals surface area contributed by atoms with Crippen LogP contribution in [-0.2, 0) is 0 Å². The quantitative estimate of drug-likeness (QED) is 0.561. The van der Waals surface area contributed by atoms with E-state index >= 15 is 0 Å². The summed E-state index contributed by atoms with van der Waals surface area (Å²) in [6, 6.07) is 17.7. The van der Waals surface area contributed by atoms with Crippen molar-refractivity contribution in [3.63, 3.8) is 0 Å². The first-order valence-electron chi connectivity index (χ1n) is 11.6. The Bertz CT molecular complexity index is 1140. The molecule has 1 aliphatic heterocycles. The minimum atomic E-state index is -0.0372. The second-order valence-electron chi connectivity index (χ2n) is 8.35. The lowest BCUT2D eigenvalue weighted by Gasteiger charge is -2.20. The van der Waals surface area contributed by atoms with Gasteiger partial charge in [0.25, 0.3) is 11.8 Å². The van der Waals surface area contributed by atoms with Crippen molar-refractivity contribution in [2.24, 2.45) is 0 Å². The van der Waals surface area contributed by atoms with Gasteiger partial charge in [-0.3, -0.25) is 9.59 Å². The van der Waals surface area contributed by atoms with Crippen molar-refractivity contribution in [1.29, 1.82) is 0 Å². The van der Waals surface area contributed by atoms with Gasteiger partial charge in [0, 0.05) is 43.9 Å². The molecule has 6 nitrogen and oxygen atoms in total. The van der Waals surface area contributed by atoms with E-state index in [2.05, 4.69) is 9.97 Å². The van der Waals surface area contributed by atoms with Gasteiger partial charge in [0.1, 0.15) is 5.82 Å². The number of likely N-dealkylation sites (tertiary alicyclic amines) is 1. The van der Waals surface area contributed by atoms with E-state index in [1.807, 2.05) is 80.3 Å². The number of hydrogen-bond acceptors (Lipinski definition) is 4. The summed E-state index contributed by atoms with van der Waals surface area (Å²) in [6.45, 7) is 8.33. The van der Waals surface area contributed by atoms with Crippen molar-refractivity contribution >= 4 is 11.8 Å². The lowest BCUT2D eigenvalue weighted by atomic mass is 9.99. The standard InChI is InChI=1S/C27H30N4O2/c1-4-30(5-2)27(33)24-17-28-25(29-19(24)3)21-15-16-31(18-21)26(32)23-14-10-9-13-22(23)20-11-7-6-8-12-20/h6-14,17,21H,4-5,15-16,18H2,1-3H3. The highest BCUT2D eigenvalue weighted by molar-refractivity contribution is 6.01. The van der Waals surface area contributed by atoms with Crippen molar-refractivity contribution in [1.82, 2.24) is 19.8 Å². The molecule has 1 aliphatic rings. The maximum atomic E-state index is 13.4. The fourth-order valence-electron chi connectivity index (χ4n) is 4.44. The smallest absolute Gasteiger partial charge is 0.257 e. The Morgan fingerprint density at radius 1 is 1.00 bits per heavy atom. The van der Waals surface area contributed by atoms with Crippen LogP contribution >= 0.6 is 0 Å². The van der Waals surface area contributed by atoms with Crippen LogP contribution in [0.1, 0.15) is 58.4 Å². The molecule has 1 aromatic heterocycles. The summed E-state index contributed by atoms with van der Waals surface area (Å²) >= 11 is 0. The van der Waals surface area contributed by atoms with Gasteiger partial charge in [0.15, 0.2) is 0 Å². The number of benzene rings is 2. The Morgan fingerprint density at radius 2 is 1.70 bits per heavy atom. The summed E-state index contributed by atoms with van der Waals surface area (Å²) in [5.74, 6) is 0.760. The summed E-state index contributed by atoms with van der Waals surface area (Å²) in [7, 11) is 0. The Kier molecular flexibility index (Phi) is 6.82. The third-order valence-corrected chi connectivity index (χ3v) is 6.36. The summed E-state index contributed by atoms with van der Waals surface area (Å²) in [6.07, 6.45) is 2.45. The zero-order valence-electron chi connectivity index (χ0n) is 19.5. The van der Waals surface area contributed by atoms with Crippen LogP contribution in [0.4, 0.5) is 0 Å². The first-order valence-corrected chi connectivity index (χ1v) is 11.6. The van der Waals surface area contributed by atoms with Gasteiger partial charge in [-0.05, 0) is 44.4 Å². The molecular weight excluding hydrogens is 412 g/mol. The number of amides is 2. The topological polar surface area (TPSA) is 66.4 Å². The molecule has 1 saturated heterocycles. The predicted octanol–water partition coefficient (Wildman–Crippen LogP) is 4.56. The van der Waals surface area contributed by atoms with Crippen LogP contribution in [-0.4, -0.2) is 57.8 Å². The lowest BCUT2D eigenvalue weighted by molar-refractivity contribution is 0.0769. The molecule has 170 valence electrons.